The molecule has 0 atom stereocenters. The number of nitrogens with zero attached hydrogens (tertiary/aromatic N) is 3. The minimum absolute atomic E-state index is 0.288. The number of amides is 1. The summed E-state index contributed by atoms with van der Waals surface area (Å²) >= 11 is 3.42. The number of aromatic nitrogens is 3. The zero-order chi connectivity index (χ0) is 18.0. The number of hydrogen-bond acceptors (Lipinski definition) is 6. The largest absolute Gasteiger partial charge is 0.497 e. The SMILES string of the molecule is COc1ccc(OC)c(-c2csc(NC(=O)c3nn(C)cc3I)n2)c1. The Morgan fingerprint density at radius 2 is 2.12 bits per heavy atom. The summed E-state index contributed by atoms with van der Waals surface area (Å²) in [4.78, 5) is 16.8. The fourth-order valence-electron chi connectivity index (χ4n) is 2.24. The van der Waals surface area contributed by atoms with Crippen molar-refractivity contribution in [3.8, 4) is 22.8 Å². The minimum atomic E-state index is -0.288. The highest BCUT2D eigenvalue weighted by atomic mass is 127. The Morgan fingerprint density at radius 3 is 2.76 bits per heavy atom. The van der Waals surface area contributed by atoms with Crippen LogP contribution in [-0.4, -0.2) is 34.9 Å². The number of rotatable bonds is 5. The first kappa shape index (κ1) is 17.7. The molecule has 3 rings (SSSR count). The third kappa shape index (κ3) is 3.76. The van der Waals surface area contributed by atoms with E-state index in [2.05, 4.69) is 38.0 Å². The Bertz CT molecular complexity index is 922. The van der Waals surface area contributed by atoms with Crippen molar-refractivity contribution in [3.05, 3.63) is 39.0 Å². The van der Waals surface area contributed by atoms with Gasteiger partial charge in [0.05, 0.1) is 23.5 Å². The molecule has 0 radical (unpaired) electrons. The van der Waals surface area contributed by atoms with Crippen LogP contribution in [0.3, 0.4) is 0 Å². The number of nitrogens with one attached hydrogen (secondary N) is 1. The number of carbonyl (C=O) groups is 1. The highest BCUT2D eigenvalue weighted by Crippen LogP contribution is 2.35. The molecule has 1 aromatic carbocycles. The Hall–Kier alpha value is -2.14. The topological polar surface area (TPSA) is 78.3 Å². The van der Waals surface area contributed by atoms with Gasteiger partial charge in [-0.15, -0.1) is 11.3 Å². The van der Waals surface area contributed by atoms with E-state index in [1.54, 1.807) is 32.1 Å². The summed E-state index contributed by atoms with van der Waals surface area (Å²) < 4.78 is 13.0. The van der Waals surface area contributed by atoms with Gasteiger partial charge in [-0.05, 0) is 40.8 Å². The van der Waals surface area contributed by atoms with Gasteiger partial charge in [0.1, 0.15) is 11.5 Å². The van der Waals surface area contributed by atoms with E-state index in [4.69, 9.17) is 9.47 Å². The van der Waals surface area contributed by atoms with E-state index >= 15 is 0 Å². The van der Waals surface area contributed by atoms with Crippen LogP contribution in [0.5, 0.6) is 11.5 Å². The lowest BCUT2D eigenvalue weighted by Gasteiger charge is -2.08. The molecule has 0 aliphatic rings. The quantitative estimate of drug-likeness (QED) is 0.579. The molecular formula is C16H15IN4O3S. The summed E-state index contributed by atoms with van der Waals surface area (Å²) in [7, 11) is 4.98. The molecule has 9 heteroatoms. The lowest BCUT2D eigenvalue weighted by atomic mass is 10.1. The number of anilines is 1. The number of carbonyl (C=O) groups excluding carboxylic acids is 1. The molecule has 0 unspecified atom stereocenters. The van der Waals surface area contributed by atoms with Crippen LogP contribution >= 0.6 is 33.9 Å². The van der Waals surface area contributed by atoms with Gasteiger partial charge in [0.25, 0.3) is 5.91 Å². The molecule has 2 heterocycles. The number of ether oxygens (including phenoxy) is 2. The summed E-state index contributed by atoms with van der Waals surface area (Å²) in [5.41, 5.74) is 1.87. The van der Waals surface area contributed by atoms with E-state index in [0.29, 0.717) is 28.0 Å². The van der Waals surface area contributed by atoms with E-state index in [1.165, 1.54) is 11.3 Å². The molecule has 0 spiro atoms. The molecule has 130 valence electrons. The zero-order valence-electron chi connectivity index (χ0n) is 13.7. The smallest absolute Gasteiger partial charge is 0.279 e. The second-order valence-corrected chi connectivity index (χ2v) is 7.08. The van der Waals surface area contributed by atoms with Gasteiger partial charge in [-0.25, -0.2) is 4.98 Å². The van der Waals surface area contributed by atoms with Crippen LogP contribution in [0.2, 0.25) is 0 Å². The van der Waals surface area contributed by atoms with Crippen molar-refractivity contribution in [2.45, 2.75) is 0 Å². The highest BCUT2D eigenvalue weighted by molar-refractivity contribution is 14.1. The standard InChI is InChI=1S/C16H15IN4O3S/c1-21-7-11(17)14(20-21)15(22)19-16-18-12(8-25-16)10-6-9(23-2)4-5-13(10)24-3/h4-8H,1-3H3,(H,18,19,22). The lowest BCUT2D eigenvalue weighted by molar-refractivity contribution is 0.102. The molecule has 0 aliphatic heterocycles. The third-order valence-electron chi connectivity index (χ3n) is 3.41. The number of thiazole rings is 1. The molecule has 0 aliphatic carbocycles. The van der Waals surface area contributed by atoms with Crippen molar-refractivity contribution < 1.29 is 14.3 Å². The van der Waals surface area contributed by atoms with Crippen LogP contribution in [0, 0.1) is 3.57 Å². The molecule has 0 saturated heterocycles. The van der Waals surface area contributed by atoms with Crippen LogP contribution in [0.4, 0.5) is 5.13 Å². The number of methoxy groups -OCH3 is 2. The van der Waals surface area contributed by atoms with Crippen LogP contribution < -0.4 is 14.8 Å². The first-order chi connectivity index (χ1) is 12.0. The van der Waals surface area contributed by atoms with Gasteiger partial charge in [-0.3, -0.25) is 14.8 Å². The van der Waals surface area contributed by atoms with Crippen LogP contribution in [-0.2, 0) is 7.05 Å². The summed E-state index contributed by atoms with van der Waals surface area (Å²) in [6.07, 6.45) is 1.78. The Balaban J connectivity index is 1.86. The number of halogens is 1. The second kappa shape index (κ2) is 7.40. The van der Waals surface area contributed by atoms with Gasteiger partial charge in [0.15, 0.2) is 10.8 Å². The molecule has 25 heavy (non-hydrogen) atoms. The van der Waals surface area contributed by atoms with Gasteiger partial charge < -0.3 is 9.47 Å². The van der Waals surface area contributed by atoms with Crippen molar-refractivity contribution in [2.24, 2.45) is 7.05 Å². The fraction of sp³-hybridized carbons (Fsp3) is 0.188. The van der Waals surface area contributed by atoms with Gasteiger partial charge >= 0.3 is 0 Å². The molecule has 0 bridgehead atoms. The number of aryl methyl sites for hydroxylation is 1. The lowest BCUT2D eigenvalue weighted by Crippen LogP contribution is -2.14. The maximum absolute atomic E-state index is 12.3. The Kier molecular flexibility index (Phi) is 5.23. The molecule has 1 N–H and O–H groups in total. The predicted octanol–water partition coefficient (Wildman–Crippen LogP) is 3.42. The molecule has 7 nitrogen and oxygen atoms in total. The van der Waals surface area contributed by atoms with Crippen molar-refractivity contribution in [1.29, 1.82) is 0 Å². The first-order valence-corrected chi connectivity index (χ1v) is 9.16. The zero-order valence-corrected chi connectivity index (χ0v) is 16.7. The monoisotopic (exact) mass is 470 g/mol. The number of benzene rings is 1. The molecular weight excluding hydrogens is 455 g/mol. The van der Waals surface area contributed by atoms with Crippen LogP contribution in [0.1, 0.15) is 10.5 Å². The summed E-state index contributed by atoms with van der Waals surface area (Å²) in [6.45, 7) is 0. The maximum atomic E-state index is 12.3. The first-order valence-electron chi connectivity index (χ1n) is 7.20. The van der Waals surface area contributed by atoms with Crippen molar-refractivity contribution >= 4 is 45.0 Å². The van der Waals surface area contributed by atoms with E-state index in [0.717, 1.165) is 9.13 Å². The van der Waals surface area contributed by atoms with E-state index in [-0.39, 0.29) is 5.91 Å². The Labute approximate surface area is 162 Å². The number of hydrogen-bond donors (Lipinski definition) is 1. The average Bonchev–Trinajstić information content (AvgIpc) is 3.20. The van der Waals surface area contributed by atoms with E-state index < -0.39 is 0 Å². The molecule has 3 aromatic rings. The maximum Gasteiger partial charge on any atom is 0.279 e. The third-order valence-corrected chi connectivity index (χ3v) is 4.95. The van der Waals surface area contributed by atoms with Crippen LogP contribution in [0.25, 0.3) is 11.3 Å². The van der Waals surface area contributed by atoms with Gasteiger partial charge in [0.2, 0.25) is 0 Å². The van der Waals surface area contributed by atoms with E-state index in [1.807, 2.05) is 23.6 Å². The summed E-state index contributed by atoms with van der Waals surface area (Å²) in [5.74, 6) is 1.10. The highest BCUT2D eigenvalue weighted by Gasteiger charge is 2.17. The molecule has 2 aromatic heterocycles. The average molecular weight is 470 g/mol. The molecule has 0 fully saturated rings. The van der Waals surface area contributed by atoms with Gasteiger partial charge in [-0.2, -0.15) is 5.10 Å². The normalized spacial score (nSPS) is 10.6. The van der Waals surface area contributed by atoms with Crippen molar-refractivity contribution in [3.63, 3.8) is 0 Å². The predicted molar refractivity (Wildman–Crippen MR) is 105 cm³/mol. The van der Waals surface area contributed by atoms with Gasteiger partial charge in [0, 0.05) is 24.2 Å². The molecule has 1 amide bonds. The second-order valence-electron chi connectivity index (χ2n) is 5.06. The minimum Gasteiger partial charge on any atom is -0.497 e. The fourth-order valence-corrected chi connectivity index (χ4v) is 3.70. The summed E-state index contributed by atoms with van der Waals surface area (Å²) in [5, 5.41) is 9.29. The van der Waals surface area contributed by atoms with Crippen molar-refractivity contribution in [2.75, 3.05) is 19.5 Å². The Morgan fingerprint density at radius 1 is 1.32 bits per heavy atom. The van der Waals surface area contributed by atoms with E-state index in [9.17, 15) is 4.79 Å². The summed E-state index contributed by atoms with van der Waals surface area (Å²) in [6, 6.07) is 5.49. The van der Waals surface area contributed by atoms with Crippen molar-refractivity contribution in [1.82, 2.24) is 14.8 Å². The molecule has 0 saturated carbocycles. The van der Waals surface area contributed by atoms with Crippen LogP contribution in [0.15, 0.2) is 29.8 Å². The van der Waals surface area contributed by atoms with Gasteiger partial charge in [-0.1, -0.05) is 0 Å².